The molecule has 2 saturated heterocycles. The molecule has 1 atom stereocenters. The molecule has 0 spiro atoms. The van der Waals surface area contributed by atoms with Crippen molar-refractivity contribution in [1.82, 2.24) is 9.88 Å². The van der Waals surface area contributed by atoms with Crippen molar-refractivity contribution in [2.24, 2.45) is 5.92 Å². The lowest BCUT2D eigenvalue weighted by atomic mass is 9.97. The Bertz CT molecular complexity index is 805. The van der Waals surface area contributed by atoms with E-state index in [4.69, 9.17) is 0 Å². The van der Waals surface area contributed by atoms with Gasteiger partial charge in [0.05, 0.1) is 5.52 Å². The van der Waals surface area contributed by atoms with Crippen LogP contribution in [0.2, 0.25) is 0 Å². The molecule has 2 N–H and O–H groups in total. The minimum Gasteiger partial charge on any atom is -0.396 e. The summed E-state index contributed by atoms with van der Waals surface area (Å²) in [5.74, 6) is -0.00316. The van der Waals surface area contributed by atoms with Gasteiger partial charge in [-0.3, -0.25) is 14.9 Å². The highest BCUT2D eigenvalue weighted by Gasteiger charge is 2.29. The lowest BCUT2D eigenvalue weighted by Crippen LogP contribution is -2.41. The molecule has 4 rings (SSSR count). The van der Waals surface area contributed by atoms with E-state index in [0.717, 1.165) is 36.8 Å². The highest BCUT2D eigenvalue weighted by atomic mass is 16.3. The Morgan fingerprint density at radius 2 is 1.92 bits per heavy atom. The van der Waals surface area contributed by atoms with Gasteiger partial charge in [0.15, 0.2) is 0 Å². The molecule has 132 valence electrons. The quantitative estimate of drug-likeness (QED) is 0.835. The van der Waals surface area contributed by atoms with E-state index in [-0.39, 0.29) is 24.5 Å². The molecule has 2 aromatic rings. The summed E-state index contributed by atoms with van der Waals surface area (Å²) in [5, 5.41) is 12.9. The molecule has 0 bridgehead atoms. The van der Waals surface area contributed by atoms with Gasteiger partial charge in [0.1, 0.15) is 6.04 Å². The highest BCUT2D eigenvalue weighted by molar-refractivity contribution is 6.01. The van der Waals surface area contributed by atoms with E-state index in [0.29, 0.717) is 18.8 Å². The van der Waals surface area contributed by atoms with Crippen molar-refractivity contribution < 1.29 is 14.7 Å². The van der Waals surface area contributed by atoms with Crippen LogP contribution in [0, 0.1) is 5.92 Å². The van der Waals surface area contributed by atoms with Crippen LogP contribution >= 0.6 is 0 Å². The number of nitrogens with zero attached hydrogens (tertiary/aromatic N) is 2. The van der Waals surface area contributed by atoms with E-state index in [9.17, 15) is 14.7 Å². The number of nitrogens with one attached hydrogen (secondary N) is 1. The number of carbonyl (C=O) groups is 2. The van der Waals surface area contributed by atoms with E-state index >= 15 is 0 Å². The van der Waals surface area contributed by atoms with Crippen LogP contribution in [0.25, 0.3) is 10.9 Å². The number of aliphatic hydroxyl groups is 1. The number of hydrogen-bond donors (Lipinski definition) is 2. The first-order valence-electron chi connectivity index (χ1n) is 8.96. The van der Waals surface area contributed by atoms with Crippen molar-refractivity contribution in [3.8, 4) is 0 Å². The Hall–Kier alpha value is -2.34. The number of fused-ring (bicyclic) bond motifs is 1. The van der Waals surface area contributed by atoms with Gasteiger partial charge in [0.25, 0.3) is 0 Å². The predicted octanol–water partition coefficient (Wildman–Crippen LogP) is 1.83. The number of carbonyl (C=O) groups excluding carboxylic acids is 2. The molecule has 2 aliphatic rings. The van der Waals surface area contributed by atoms with Crippen molar-refractivity contribution in [1.29, 1.82) is 0 Å². The van der Waals surface area contributed by atoms with Gasteiger partial charge in [-0.25, -0.2) is 0 Å². The third-order valence-corrected chi connectivity index (χ3v) is 5.50. The van der Waals surface area contributed by atoms with Gasteiger partial charge in [0.2, 0.25) is 11.8 Å². The minimum absolute atomic E-state index is 0.190. The van der Waals surface area contributed by atoms with Crippen molar-refractivity contribution in [2.75, 3.05) is 24.6 Å². The summed E-state index contributed by atoms with van der Waals surface area (Å²) in [7, 11) is 0. The number of anilines is 1. The molecule has 0 aliphatic carbocycles. The van der Waals surface area contributed by atoms with Crippen LogP contribution in [-0.2, 0) is 9.59 Å². The average molecular weight is 341 g/mol. The fourth-order valence-electron chi connectivity index (χ4n) is 4.02. The van der Waals surface area contributed by atoms with Crippen LogP contribution in [0.15, 0.2) is 30.5 Å². The van der Waals surface area contributed by atoms with Crippen molar-refractivity contribution in [2.45, 2.75) is 31.7 Å². The van der Waals surface area contributed by atoms with Crippen LogP contribution in [0.3, 0.4) is 0 Å². The molecule has 1 aromatic carbocycles. The zero-order chi connectivity index (χ0) is 17.4. The van der Waals surface area contributed by atoms with Crippen molar-refractivity contribution >= 4 is 28.4 Å². The van der Waals surface area contributed by atoms with Gasteiger partial charge < -0.3 is 14.6 Å². The fraction of sp³-hybridized carbons (Fsp3) is 0.474. The maximum atomic E-state index is 12.2. The number of hydrogen-bond acceptors (Lipinski definition) is 4. The number of amides is 2. The van der Waals surface area contributed by atoms with Crippen LogP contribution in [0.1, 0.15) is 31.7 Å². The number of imide groups is 1. The molecule has 0 radical (unpaired) electrons. The topological polar surface area (TPSA) is 74.6 Å². The molecule has 6 nitrogen and oxygen atoms in total. The smallest absolute Gasteiger partial charge is 0.249 e. The molecule has 6 heteroatoms. The standard InChI is InChI=1S/C19H23N3O3/c23-12-13-6-9-21(10-7-13)15-2-1-3-16-14(15)8-11-22(16)17-4-5-18(24)20-19(17)25/h1-3,8,11,13,17,23H,4-7,9-10,12H2,(H,20,24,25)/t17-/m0/s1. The molecule has 0 unspecified atom stereocenters. The van der Waals surface area contributed by atoms with Gasteiger partial charge >= 0.3 is 0 Å². The Balaban J connectivity index is 1.65. The average Bonchev–Trinajstić information content (AvgIpc) is 3.06. The van der Waals surface area contributed by atoms with Crippen molar-refractivity contribution in [3.63, 3.8) is 0 Å². The Kier molecular flexibility index (Phi) is 4.21. The first kappa shape index (κ1) is 16.1. The van der Waals surface area contributed by atoms with Gasteiger partial charge in [0, 0.05) is 43.4 Å². The third kappa shape index (κ3) is 2.91. The van der Waals surface area contributed by atoms with Crippen molar-refractivity contribution in [3.05, 3.63) is 30.5 Å². The molecule has 2 amide bonds. The van der Waals surface area contributed by atoms with Gasteiger partial charge in [-0.15, -0.1) is 0 Å². The van der Waals surface area contributed by atoms with Crippen LogP contribution in [-0.4, -0.2) is 41.2 Å². The number of aromatic nitrogens is 1. The Labute approximate surface area is 146 Å². The van der Waals surface area contributed by atoms with Gasteiger partial charge in [-0.2, -0.15) is 0 Å². The summed E-state index contributed by atoms with van der Waals surface area (Å²) < 4.78 is 1.99. The zero-order valence-electron chi connectivity index (χ0n) is 14.1. The van der Waals surface area contributed by atoms with Crippen LogP contribution in [0.5, 0.6) is 0 Å². The summed E-state index contributed by atoms with van der Waals surface area (Å²) >= 11 is 0. The first-order valence-corrected chi connectivity index (χ1v) is 8.96. The van der Waals surface area contributed by atoms with E-state index in [2.05, 4.69) is 22.3 Å². The summed E-state index contributed by atoms with van der Waals surface area (Å²) in [4.78, 5) is 26.0. The molecular weight excluding hydrogens is 318 g/mol. The van der Waals surface area contributed by atoms with E-state index in [1.165, 1.54) is 5.69 Å². The maximum absolute atomic E-state index is 12.2. The number of aliphatic hydroxyl groups excluding tert-OH is 1. The molecule has 3 heterocycles. The lowest BCUT2D eigenvalue weighted by Gasteiger charge is -2.33. The van der Waals surface area contributed by atoms with Crippen LogP contribution in [0.4, 0.5) is 5.69 Å². The Morgan fingerprint density at radius 3 is 2.64 bits per heavy atom. The molecule has 2 aliphatic heterocycles. The normalized spacial score (nSPS) is 22.4. The second-order valence-corrected chi connectivity index (χ2v) is 7.01. The zero-order valence-corrected chi connectivity index (χ0v) is 14.1. The lowest BCUT2D eigenvalue weighted by molar-refractivity contribution is -0.135. The highest BCUT2D eigenvalue weighted by Crippen LogP contribution is 2.33. The van der Waals surface area contributed by atoms with Gasteiger partial charge in [-0.05, 0) is 43.4 Å². The first-order chi connectivity index (χ1) is 12.2. The largest absolute Gasteiger partial charge is 0.396 e. The minimum atomic E-state index is -0.328. The number of benzene rings is 1. The SMILES string of the molecule is O=C1CC[C@H](n2ccc3c(N4CCC(CO)CC4)cccc32)C(=O)N1. The molecule has 2 fully saturated rings. The van der Waals surface area contributed by atoms with E-state index in [1.54, 1.807) is 0 Å². The van der Waals surface area contributed by atoms with Gasteiger partial charge in [-0.1, -0.05) is 6.07 Å². The Morgan fingerprint density at radius 1 is 1.12 bits per heavy atom. The molecule has 0 saturated carbocycles. The summed E-state index contributed by atoms with van der Waals surface area (Å²) in [6.45, 7) is 2.14. The molecule has 1 aromatic heterocycles. The van der Waals surface area contributed by atoms with E-state index < -0.39 is 0 Å². The molecule has 25 heavy (non-hydrogen) atoms. The summed E-state index contributed by atoms with van der Waals surface area (Å²) in [5.41, 5.74) is 2.20. The maximum Gasteiger partial charge on any atom is 0.249 e. The number of piperidine rings is 2. The third-order valence-electron chi connectivity index (χ3n) is 5.50. The molecular formula is C19H23N3O3. The predicted molar refractivity (Wildman–Crippen MR) is 95.4 cm³/mol. The second kappa shape index (κ2) is 6.52. The van der Waals surface area contributed by atoms with Crippen LogP contribution < -0.4 is 10.2 Å². The van der Waals surface area contributed by atoms with E-state index in [1.807, 2.05) is 22.9 Å². The fourth-order valence-corrected chi connectivity index (χ4v) is 4.02. The summed E-state index contributed by atoms with van der Waals surface area (Å²) in [6.07, 6.45) is 4.88. The second-order valence-electron chi connectivity index (χ2n) is 7.01. The summed E-state index contributed by atoms with van der Waals surface area (Å²) in [6, 6.07) is 7.91. The monoisotopic (exact) mass is 341 g/mol. The number of rotatable bonds is 3.